The number of non-ortho nitro benzene ring substituents is 1. The van der Waals surface area contributed by atoms with Crippen molar-refractivity contribution in [2.45, 2.75) is 11.8 Å². The molecule has 0 aliphatic heterocycles. The van der Waals surface area contributed by atoms with Crippen LogP contribution in [0.2, 0.25) is 0 Å². The maximum Gasteiger partial charge on any atom is 0.271 e. The Balaban J connectivity index is 1.89. The van der Waals surface area contributed by atoms with Gasteiger partial charge in [0.05, 0.1) is 15.5 Å². The van der Waals surface area contributed by atoms with E-state index in [1.165, 1.54) is 30.3 Å². The van der Waals surface area contributed by atoms with Crippen LogP contribution in [0.3, 0.4) is 0 Å². The lowest BCUT2D eigenvalue weighted by molar-refractivity contribution is -0.384. The van der Waals surface area contributed by atoms with Crippen LogP contribution in [0.15, 0.2) is 77.7 Å². The molecule has 6 nitrogen and oxygen atoms in total. The van der Waals surface area contributed by atoms with Gasteiger partial charge in [-0.2, -0.15) is 0 Å². The van der Waals surface area contributed by atoms with Gasteiger partial charge in [0.15, 0.2) is 0 Å². The second-order valence-electron chi connectivity index (χ2n) is 5.75. The largest absolute Gasteiger partial charge is 0.279 e. The van der Waals surface area contributed by atoms with Gasteiger partial charge < -0.3 is 0 Å². The van der Waals surface area contributed by atoms with Crippen molar-refractivity contribution in [1.82, 2.24) is 0 Å². The molecule has 0 bridgehead atoms. The number of benzene rings is 3. The second-order valence-corrected chi connectivity index (χ2v) is 7.43. The fraction of sp³-hybridized carbons (Fsp3) is 0.0526. The molecule has 0 amide bonds. The fourth-order valence-electron chi connectivity index (χ4n) is 2.49. The van der Waals surface area contributed by atoms with E-state index in [2.05, 4.69) is 4.72 Å². The predicted molar refractivity (Wildman–Crippen MR) is 101 cm³/mol. The number of aryl methyl sites for hydroxylation is 1. The summed E-state index contributed by atoms with van der Waals surface area (Å²) < 4.78 is 27.6. The molecule has 132 valence electrons. The number of hydrogen-bond donors (Lipinski definition) is 1. The lowest BCUT2D eigenvalue weighted by atomic mass is 10.1. The molecule has 0 aliphatic rings. The molecule has 0 atom stereocenters. The first-order chi connectivity index (χ1) is 12.4. The normalized spacial score (nSPS) is 11.1. The van der Waals surface area contributed by atoms with E-state index in [0.29, 0.717) is 5.56 Å². The second kappa shape index (κ2) is 6.97. The fourth-order valence-corrected chi connectivity index (χ4v) is 3.62. The molecule has 0 heterocycles. The molecule has 0 aliphatic carbocycles. The lowest BCUT2D eigenvalue weighted by Crippen LogP contribution is -2.13. The average Bonchev–Trinajstić information content (AvgIpc) is 2.64. The standard InChI is InChI=1S/C19H16N2O4S/c1-14-7-10-17(21(22)23)13-19(14)20-26(24,25)18-11-8-16(9-12-18)15-5-3-2-4-6-15/h2-13,20H,1H3. The number of hydrogen-bond acceptors (Lipinski definition) is 4. The van der Waals surface area contributed by atoms with Crippen LogP contribution in [-0.2, 0) is 10.0 Å². The van der Waals surface area contributed by atoms with Gasteiger partial charge in [-0.25, -0.2) is 8.42 Å². The molecule has 0 aromatic heterocycles. The van der Waals surface area contributed by atoms with Gasteiger partial charge in [-0.1, -0.05) is 48.5 Å². The zero-order chi connectivity index (χ0) is 18.7. The number of sulfonamides is 1. The zero-order valence-corrected chi connectivity index (χ0v) is 14.7. The van der Waals surface area contributed by atoms with Crippen LogP contribution in [0.1, 0.15) is 5.56 Å². The van der Waals surface area contributed by atoms with Crippen LogP contribution >= 0.6 is 0 Å². The monoisotopic (exact) mass is 368 g/mol. The Morgan fingerprint density at radius 3 is 2.12 bits per heavy atom. The Kier molecular flexibility index (Phi) is 4.73. The van der Waals surface area contributed by atoms with Gasteiger partial charge in [0.2, 0.25) is 0 Å². The van der Waals surface area contributed by atoms with Gasteiger partial charge in [0.1, 0.15) is 0 Å². The summed E-state index contributed by atoms with van der Waals surface area (Å²) in [5.74, 6) is 0. The summed E-state index contributed by atoms with van der Waals surface area (Å²) in [5, 5.41) is 10.9. The van der Waals surface area contributed by atoms with Crippen molar-refractivity contribution in [3.63, 3.8) is 0 Å². The third kappa shape index (κ3) is 3.73. The van der Waals surface area contributed by atoms with Gasteiger partial charge in [0, 0.05) is 12.1 Å². The summed E-state index contributed by atoms with van der Waals surface area (Å²) >= 11 is 0. The zero-order valence-electron chi connectivity index (χ0n) is 13.9. The van der Waals surface area contributed by atoms with E-state index >= 15 is 0 Å². The van der Waals surface area contributed by atoms with Gasteiger partial charge >= 0.3 is 0 Å². The summed E-state index contributed by atoms with van der Waals surface area (Å²) in [6.07, 6.45) is 0. The summed E-state index contributed by atoms with van der Waals surface area (Å²) in [5.41, 5.74) is 2.49. The van der Waals surface area contributed by atoms with E-state index in [1.807, 2.05) is 30.3 Å². The lowest BCUT2D eigenvalue weighted by Gasteiger charge is -2.11. The third-order valence-electron chi connectivity index (χ3n) is 3.95. The van der Waals surface area contributed by atoms with Crippen LogP contribution in [0.4, 0.5) is 11.4 Å². The Bertz CT molecular complexity index is 1050. The first-order valence-electron chi connectivity index (χ1n) is 7.80. The smallest absolute Gasteiger partial charge is 0.271 e. The van der Waals surface area contributed by atoms with Crippen LogP contribution < -0.4 is 4.72 Å². The van der Waals surface area contributed by atoms with Crippen molar-refractivity contribution in [1.29, 1.82) is 0 Å². The Morgan fingerprint density at radius 1 is 0.885 bits per heavy atom. The first kappa shape index (κ1) is 17.6. The predicted octanol–water partition coefficient (Wildman–Crippen LogP) is 4.37. The van der Waals surface area contributed by atoms with E-state index in [-0.39, 0.29) is 16.3 Å². The number of anilines is 1. The van der Waals surface area contributed by atoms with Crippen molar-refractivity contribution in [2.75, 3.05) is 4.72 Å². The quantitative estimate of drug-likeness (QED) is 0.535. The number of nitro groups is 1. The molecule has 3 aromatic carbocycles. The number of nitrogens with zero attached hydrogens (tertiary/aromatic N) is 1. The van der Waals surface area contributed by atoms with Gasteiger partial charge in [-0.05, 0) is 35.7 Å². The summed E-state index contributed by atoms with van der Waals surface area (Å²) in [6.45, 7) is 1.68. The highest BCUT2D eigenvalue weighted by molar-refractivity contribution is 7.92. The van der Waals surface area contributed by atoms with Crippen molar-refractivity contribution in [2.24, 2.45) is 0 Å². The average molecular weight is 368 g/mol. The Morgan fingerprint density at radius 2 is 1.50 bits per heavy atom. The van der Waals surface area contributed by atoms with E-state index in [0.717, 1.165) is 11.1 Å². The summed E-state index contributed by atoms with van der Waals surface area (Å²) in [6, 6.07) is 20.1. The topological polar surface area (TPSA) is 89.3 Å². The first-order valence-corrected chi connectivity index (χ1v) is 9.28. The molecule has 0 radical (unpaired) electrons. The van der Waals surface area contributed by atoms with Crippen LogP contribution in [0.25, 0.3) is 11.1 Å². The van der Waals surface area contributed by atoms with Crippen LogP contribution in [-0.4, -0.2) is 13.3 Å². The molecule has 7 heteroatoms. The van der Waals surface area contributed by atoms with Gasteiger partial charge in [-0.3, -0.25) is 14.8 Å². The molecular formula is C19H16N2O4S. The molecule has 0 unspecified atom stereocenters. The number of nitro benzene ring substituents is 1. The minimum absolute atomic E-state index is 0.0862. The minimum atomic E-state index is -3.85. The van der Waals surface area contributed by atoms with E-state index in [1.54, 1.807) is 19.1 Å². The van der Waals surface area contributed by atoms with E-state index in [4.69, 9.17) is 0 Å². The molecule has 1 N–H and O–H groups in total. The highest BCUT2D eigenvalue weighted by Gasteiger charge is 2.17. The molecule has 0 fully saturated rings. The molecule has 26 heavy (non-hydrogen) atoms. The van der Waals surface area contributed by atoms with Crippen LogP contribution in [0.5, 0.6) is 0 Å². The minimum Gasteiger partial charge on any atom is -0.279 e. The summed E-state index contributed by atoms with van der Waals surface area (Å²) in [7, 11) is -3.85. The van der Waals surface area contributed by atoms with Crippen molar-refractivity contribution < 1.29 is 13.3 Å². The van der Waals surface area contributed by atoms with Gasteiger partial charge in [0.25, 0.3) is 15.7 Å². The Labute approximate surface area is 151 Å². The molecule has 3 aromatic rings. The number of rotatable bonds is 5. The summed E-state index contributed by atoms with van der Waals surface area (Å²) in [4.78, 5) is 10.4. The molecule has 0 saturated heterocycles. The molecule has 0 saturated carbocycles. The van der Waals surface area contributed by atoms with E-state index < -0.39 is 14.9 Å². The van der Waals surface area contributed by atoms with Crippen LogP contribution in [0, 0.1) is 17.0 Å². The SMILES string of the molecule is Cc1ccc([N+](=O)[O-])cc1NS(=O)(=O)c1ccc(-c2ccccc2)cc1. The third-order valence-corrected chi connectivity index (χ3v) is 5.33. The highest BCUT2D eigenvalue weighted by Crippen LogP contribution is 2.26. The molecule has 3 rings (SSSR count). The Hall–Kier alpha value is -3.19. The molecule has 0 spiro atoms. The van der Waals surface area contributed by atoms with Crippen molar-refractivity contribution in [3.05, 3.63) is 88.5 Å². The number of nitrogens with one attached hydrogen (secondary N) is 1. The van der Waals surface area contributed by atoms with Crippen molar-refractivity contribution in [3.8, 4) is 11.1 Å². The van der Waals surface area contributed by atoms with E-state index in [9.17, 15) is 18.5 Å². The highest BCUT2D eigenvalue weighted by atomic mass is 32.2. The maximum atomic E-state index is 12.6. The molecular weight excluding hydrogens is 352 g/mol. The van der Waals surface area contributed by atoms with Crippen molar-refractivity contribution >= 4 is 21.4 Å². The maximum absolute atomic E-state index is 12.6. The van der Waals surface area contributed by atoms with Gasteiger partial charge in [-0.15, -0.1) is 0 Å².